The van der Waals surface area contributed by atoms with E-state index in [1.54, 1.807) is 18.3 Å². The lowest BCUT2D eigenvalue weighted by molar-refractivity contribution is -0.122. The first kappa shape index (κ1) is 16.2. The van der Waals surface area contributed by atoms with Crippen LogP contribution in [0.1, 0.15) is 35.6 Å². The third kappa shape index (κ3) is 3.04. The molecule has 0 saturated carbocycles. The second-order valence-corrected chi connectivity index (χ2v) is 5.70. The predicted octanol–water partition coefficient (Wildman–Crippen LogP) is 3.71. The third-order valence-corrected chi connectivity index (χ3v) is 4.15. The van der Waals surface area contributed by atoms with Crippen LogP contribution in [0.5, 0.6) is 0 Å². The van der Waals surface area contributed by atoms with E-state index in [2.05, 4.69) is 16.9 Å². The molecule has 3 rings (SSSR count). The van der Waals surface area contributed by atoms with Gasteiger partial charge in [0.05, 0.1) is 11.6 Å². The molecule has 2 aromatic rings. The molecule has 1 amide bonds. The quantitative estimate of drug-likeness (QED) is 0.931. The van der Waals surface area contributed by atoms with Gasteiger partial charge >= 0.3 is 0 Å². The average molecular weight is 332 g/mol. The second kappa shape index (κ2) is 6.47. The van der Waals surface area contributed by atoms with Crippen LogP contribution in [0.4, 0.5) is 13.2 Å². The summed E-state index contributed by atoms with van der Waals surface area (Å²) in [4.78, 5) is 16.7. The van der Waals surface area contributed by atoms with Gasteiger partial charge in [0.25, 0.3) is 0 Å². The van der Waals surface area contributed by atoms with E-state index in [0.29, 0.717) is 30.7 Å². The number of benzene rings is 1. The first-order valence-corrected chi connectivity index (χ1v) is 7.51. The van der Waals surface area contributed by atoms with E-state index >= 15 is 0 Å². The Morgan fingerprint density at radius 2 is 2.00 bits per heavy atom. The molecule has 0 aliphatic heterocycles. The Morgan fingerprint density at radius 1 is 1.29 bits per heavy atom. The van der Waals surface area contributed by atoms with Crippen LogP contribution in [-0.2, 0) is 11.3 Å². The molecule has 124 valence electrons. The first-order valence-electron chi connectivity index (χ1n) is 7.51. The van der Waals surface area contributed by atoms with Crippen LogP contribution in [0.2, 0.25) is 0 Å². The van der Waals surface area contributed by atoms with Crippen LogP contribution in [0, 0.1) is 17.5 Å². The Labute approximate surface area is 137 Å². The number of carbonyl (C=O) groups is 1. The molecule has 6 heteroatoms. The van der Waals surface area contributed by atoms with E-state index in [-0.39, 0.29) is 18.0 Å². The molecule has 3 nitrogen and oxygen atoms in total. The van der Waals surface area contributed by atoms with Gasteiger partial charge < -0.3 is 5.32 Å². The number of pyridine rings is 1. The molecule has 1 atom stereocenters. The second-order valence-electron chi connectivity index (χ2n) is 5.70. The van der Waals surface area contributed by atoms with E-state index < -0.39 is 23.4 Å². The molecule has 1 aromatic carbocycles. The van der Waals surface area contributed by atoms with Crippen molar-refractivity contribution in [1.82, 2.24) is 10.3 Å². The Balaban J connectivity index is 1.77. The predicted molar refractivity (Wildman–Crippen MR) is 83.4 cm³/mol. The Bertz CT molecular complexity index is 797. The van der Waals surface area contributed by atoms with Gasteiger partial charge in [-0.05, 0) is 30.0 Å². The van der Waals surface area contributed by atoms with Gasteiger partial charge in [0.2, 0.25) is 5.91 Å². The van der Waals surface area contributed by atoms with Gasteiger partial charge in [0, 0.05) is 30.4 Å². The summed E-state index contributed by atoms with van der Waals surface area (Å²) in [5.41, 5.74) is 1.95. The van der Waals surface area contributed by atoms with Crippen molar-refractivity contribution >= 4 is 11.5 Å². The molecule has 1 N–H and O–H groups in total. The molecule has 0 bridgehead atoms. The van der Waals surface area contributed by atoms with Crippen molar-refractivity contribution in [2.24, 2.45) is 0 Å². The number of hydrogen-bond donors (Lipinski definition) is 1. The zero-order valence-electron chi connectivity index (χ0n) is 12.8. The zero-order chi connectivity index (χ0) is 17.3. The number of nitrogens with one attached hydrogen (secondary N) is 1. The fraction of sp³-hybridized carbons (Fsp3) is 0.222. The van der Waals surface area contributed by atoms with Gasteiger partial charge in [0.15, 0.2) is 0 Å². The summed E-state index contributed by atoms with van der Waals surface area (Å²) < 4.78 is 40.2. The lowest BCUT2D eigenvalue weighted by atomic mass is 9.83. The summed E-state index contributed by atoms with van der Waals surface area (Å²) in [6, 6.07) is 4.72. The van der Waals surface area contributed by atoms with Crippen LogP contribution < -0.4 is 5.32 Å². The number of amides is 1. The number of fused-ring (bicyclic) bond motifs is 1. The van der Waals surface area contributed by atoms with Gasteiger partial charge in [-0.15, -0.1) is 0 Å². The number of carbonyl (C=O) groups excluding carboxylic acids is 1. The fourth-order valence-corrected chi connectivity index (χ4v) is 2.90. The van der Waals surface area contributed by atoms with Crippen LogP contribution >= 0.6 is 0 Å². The van der Waals surface area contributed by atoms with Crippen molar-refractivity contribution in [1.29, 1.82) is 0 Å². The SMILES string of the molecule is C=C1CCC(C(=O)NCc2c(F)cc(F)cc2F)c2cccnc21. The van der Waals surface area contributed by atoms with Crippen molar-refractivity contribution in [3.8, 4) is 0 Å². The van der Waals surface area contributed by atoms with Crippen LogP contribution in [0.25, 0.3) is 5.57 Å². The number of halogens is 3. The van der Waals surface area contributed by atoms with E-state index in [1.807, 2.05) is 0 Å². The molecule has 0 spiro atoms. The first-order chi connectivity index (χ1) is 11.5. The number of allylic oxidation sites excluding steroid dienone is 1. The number of hydrogen-bond acceptors (Lipinski definition) is 2. The minimum absolute atomic E-state index is 0.343. The Kier molecular flexibility index (Phi) is 4.38. The highest BCUT2D eigenvalue weighted by Gasteiger charge is 2.29. The van der Waals surface area contributed by atoms with Crippen molar-refractivity contribution in [2.75, 3.05) is 0 Å². The maximum atomic E-state index is 13.6. The highest BCUT2D eigenvalue weighted by atomic mass is 19.1. The van der Waals surface area contributed by atoms with Crippen LogP contribution in [-0.4, -0.2) is 10.9 Å². The molecule has 1 aliphatic carbocycles. The molecule has 0 radical (unpaired) electrons. The maximum Gasteiger partial charge on any atom is 0.227 e. The number of rotatable bonds is 3. The van der Waals surface area contributed by atoms with Crippen molar-refractivity contribution in [2.45, 2.75) is 25.3 Å². The minimum atomic E-state index is -1.02. The van der Waals surface area contributed by atoms with Gasteiger partial charge in [-0.2, -0.15) is 0 Å². The van der Waals surface area contributed by atoms with Gasteiger partial charge in [0.1, 0.15) is 17.5 Å². The van der Waals surface area contributed by atoms with E-state index in [9.17, 15) is 18.0 Å². The van der Waals surface area contributed by atoms with E-state index in [1.165, 1.54) is 0 Å². The van der Waals surface area contributed by atoms with Crippen molar-refractivity contribution in [3.05, 3.63) is 71.3 Å². The van der Waals surface area contributed by atoms with Crippen molar-refractivity contribution < 1.29 is 18.0 Å². The minimum Gasteiger partial charge on any atom is -0.351 e. The number of aromatic nitrogens is 1. The molecule has 1 heterocycles. The molecule has 1 aromatic heterocycles. The summed E-state index contributed by atoms with van der Waals surface area (Å²) >= 11 is 0. The lowest BCUT2D eigenvalue weighted by Gasteiger charge is -2.25. The molecule has 0 saturated heterocycles. The summed E-state index contributed by atoms with van der Waals surface area (Å²) in [6.45, 7) is 3.60. The standard InChI is InChI=1S/C18H15F3N2O/c1-10-4-5-13(12-3-2-6-22-17(10)12)18(24)23-9-14-15(20)7-11(19)8-16(14)21/h2-3,6-8,13H,1,4-5,9H2,(H,23,24). The largest absolute Gasteiger partial charge is 0.351 e. The van der Waals surface area contributed by atoms with E-state index in [4.69, 9.17) is 0 Å². The van der Waals surface area contributed by atoms with E-state index in [0.717, 1.165) is 11.1 Å². The molecule has 1 aliphatic rings. The fourth-order valence-electron chi connectivity index (χ4n) is 2.90. The monoisotopic (exact) mass is 332 g/mol. The van der Waals surface area contributed by atoms with Crippen LogP contribution in [0.3, 0.4) is 0 Å². The summed E-state index contributed by atoms with van der Waals surface area (Å²) in [7, 11) is 0. The normalized spacial score (nSPS) is 16.6. The summed E-state index contributed by atoms with van der Waals surface area (Å²) in [6.07, 6.45) is 2.81. The highest BCUT2D eigenvalue weighted by molar-refractivity contribution is 5.86. The van der Waals surface area contributed by atoms with Gasteiger partial charge in [-0.3, -0.25) is 9.78 Å². The molecule has 1 unspecified atom stereocenters. The summed E-state index contributed by atoms with van der Waals surface area (Å²) in [5.74, 6) is -3.84. The highest BCUT2D eigenvalue weighted by Crippen LogP contribution is 2.36. The maximum absolute atomic E-state index is 13.6. The van der Waals surface area contributed by atoms with Crippen molar-refractivity contribution in [3.63, 3.8) is 0 Å². The lowest BCUT2D eigenvalue weighted by Crippen LogP contribution is -2.31. The van der Waals surface area contributed by atoms with Gasteiger partial charge in [-0.25, -0.2) is 13.2 Å². The Hall–Kier alpha value is -2.63. The van der Waals surface area contributed by atoms with Gasteiger partial charge in [-0.1, -0.05) is 12.6 Å². The number of nitrogens with zero attached hydrogens (tertiary/aromatic N) is 1. The topological polar surface area (TPSA) is 42.0 Å². The zero-order valence-corrected chi connectivity index (χ0v) is 12.8. The smallest absolute Gasteiger partial charge is 0.227 e. The summed E-state index contributed by atoms with van der Waals surface area (Å²) in [5, 5.41) is 2.53. The molecular weight excluding hydrogens is 317 g/mol. The third-order valence-electron chi connectivity index (χ3n) is 4.15. The molecular formula is C18H15F3N2O. The molecule has 0 fully saturated rings. The average Bonchev–Trinajstić information content (AvgIpc) is 2.54. The Morgan fingerprint density at radius 3 is 2.71 bits per heavy atom. The molecule has 24 heavy (non-hydrogen) atoms. The van der Waals surface area contributed by atoms with Crippen LogP contribution in [0.15, 0.2) is 37.0 Å².